The first kappa shape index (κ1) is 15.4. The van der Waals surface area contributed by atoms with Crippen LogP contribution in [-0.2, 0) is 9.84 Å². The van der Waals surface area contributed by atoms with Gasteiger partial charge < -0.3 is 5.73 Å². The van der Waals surface area contributed by atoms with Crippen molar-refractivity contribution in [3.05, 3.63) is 54.1 Å². The van der Waals surface area contributed by atoms with E-state index >= 15 is 0 Å². The standard InChI is InChI=1S/C15H14N2O2S2/c16-11-12-2-1-3-15(10-12)21(18,19)9-8-20-14-6-4-13(17)5-7-14/h1-7,10H,8-9,17H2. The first-order valence-electron chi connectivity index (χ1n) is 6.22. The van der Waals surface area contributed by atoms with Crippen molar-refractivity contribution in [1.29, 1.82) is 5.26 Å². The number of nitrogen functional groups attached to an aromatic ring is 1. The van der Waals surface area contributed by atoms with Crippen LogP contribution in [0.25, 0.3) is 0 Å². The molecule has 0 aromatic heterocycles. The monoisotopic (exact) mass is 318 g/mol. The van der Waals surface area contributed by atoms with Gasteiger partial charge in [0.1, 0.15) is 0 Å². The van der Waals surface area contributed by atoms with Crippen LogP contribution in [0.1, 0.15) is 5.56 Å². The van der Waals surface area contributed by atoms with Gasteiger partial charge >= 0.3 is 0 Å². The summed E-state index contributed by atoms with van der Waals surface area (Å²) in [4.78, 5) is 1.17. The van der Waals surface area contributed by atoms with E-state index in [4.69, 9.17) is 11.0 Å². The predicted octanol–water partition coefficient (Wildman–Crippen LogP) is 2.71. The van der Waals surface area contributed by atoms with Gasteiger partial charge in [0.2, 0.25) is 0 Å². The third-order valence-electron chi connectivity index (χ3n) is 2.82. The Kier molecular flexibility index (Phi) is 4.89. The second-order valence-corrected chi connectivity index (χ2v) is 7.65. The van der Waals surface area contributed by atoms with Crippen molar-refractivity contribution in [2.45, 2.75) is 9.79 Å². The number of nitrogens with two attached hydrogens (primary N) is 1. The fraction of sp³-hybridized carbons (Fsp3) is 0.133. The highest BCUT2D eigenvalue weighted by Crippen LogP contribution is 2.21. The lowest BCUT2D eigenvalue weighted by atomic mass is 10.2. The van der Waals surface area contributed by atoms with Crippen molar-refractivity contribution in [3.8, 4) is 6.07 Å². The highest BCUT2D eigenvalue weighted by Gasteiger charge is 2.14. The lowest BCUT2D eigenvalue weighted by Crippen LogP contribution is -2.09. The number of sulfone groups is 1. The van der Waals surface area contributed by atoms with Crippen LogP contribution < -0.4 is 5.73 Å². The average Bonchev–Trinajstić information content (AvgIpc) is 2.49. The lowest BCUT2D eigenvalue weighted by Gasteiger charge is -2.05. The second-order valence-electron chi connectivity index (χ2n) is 4.38. The van der Waals surface area contributed by atoms with E-state index in [2.05, 4.69) is 0 Å². The molecule has 0 unspecified atom stereocenters. The highest BCUT2D eigenvalue weighted by molar-refractivity contribution is 8.00. The third-order valence-corrected chi connectivity index (χ3v) is 5.81. The first-order chi connectivity index (χ1) is 10.0. The average molecular weight is 318 g/mol. The van der Waals surface area contributed by atoms with Crippen LogP contribution in [0.4, 0.5) is 5.69 Å². The van der Waals surface area contributed by atoms with E-state index in [1.165, 1.54) is 23.9 Å². The second kappa shape index (κ2) is 6.66. The molecule has 0 bridgehead atoms. The predicted molar refractivity (Wildman–Crippen MR) is 84.8 cm³/mol. The first-order valence-corrected chi connectivity index (χ1v) is 8.86. The van der Waals surface area contributed by atoms with Gasteiger partial charge in [0, 0.05) is 16.3 Å². The normalized spacial score (nSPS) is 11.0. The van der Waals surface area contributed by atoms with E-state index in [-0.39, 0.29) is 10.6 Å². The Bertz CT molecular complexity index is 763. The minimum Gasteiger partial charge on any atom is -0.399 e. The summed E-state index contributed by atoms with van der Waals surface area (Å²) < 4.78 is 24.4. The summed E-state index contributed by atoms with van der Waals surface area (Å²) in [6.45, 7) is 0. The Morgan fingerprint density at radius 2 is 1.86 bits per heavy atom. The molecule has 0 aliphatic carbocycles. The zero-order chi connectivity index (χ0) is 15.3. The van der Waals surface area contributed by atoms with Crippen LogP contribution in [0.2, 0.25) is 0 Å². The fourth-order valence-electron chi connectivity index (χ4n) is 1.71. The van der Waals surface area contributed by atoms with Crippen LogP contribution in [-0.4, -0.2) is 19.9 Å². The van der Waals surface area contributed by atoms with Gasteiger partial charge in [-0.1, -0.05) is 6.07 Å². The van der Waals surface area contributed by atoms with Gasteiger partial charge in [-0.3, -0.25) is 0 Å². The van der Waals surface area contributed by atoms with Gasteiger partial charge in [0.05, 0.1) is 22.3 Å². The van der Waals surface area contributed by atoms with E-state index in [0.717, 1.165) is 4.90 Å². The number of hydrogen-bond acceptors (Lipinski definition) is 5. The summed E-state index contributed by atoms with van der Waals surface area (Å²) in [6.07, 6.45) is 0. The van der Waals surface area contributed by atoms with Crippen LogP contribution in [0.15, 0.2) is 58.3 Å². The summed E-state index contributed by atoms with van der Waals surface area (Å²) in [7, 11) is -3.37. The smallest absolute Gasteiger partial charge is 0.179 e. The summed E-state index contributed by atoms with van der Waals surface area (Å²) in [6, 6.07) is 15.3. The maximum Gasteiger partial charge on any atom is 0.179 e. The highest BCUT2D eigenvalue weighted by atomic mass is 32.2. The molecule has 0 aliphatic rings. The molecule has 2 rings (SSSR count). The van der Waals surface area contributed by atoms with Crippen molar-refractivity contribution in [2.24, 2.45) is 0 Å². The number of hydrogen-bond donors (Lipinski definition) is 1. The number of rotatable bonds is 5. The molecule has 0 radical (unpaired) electrons. The van der Waals surface area contributed by atoms with E-state index in [9.17, 15) is 8.42 Å². The molecule has 21 heavy (non-hydrogen) atoms. The molecule has 0 spiro atoms. The van der Waals surface area contributed by atoms with Gasteiger partial charge in [0.15, 0.2) is 9.84 Å². The molecule has 4 nitrogen and oxygen atoms in total. The van der Waals surface area contributed by atoms with Crippen molar-refractivity contribution in [2.75, 3.05) is 17.2 Å². The maximum atomic E-state index is 12.2. The van der Waals surface area contributed by atoms with Gasteiger partial charge in [-0.2, -0.15) is 5.26 Å². The van der Waals surface area contributed by atoms with Gasteiger partial charge in [-0.25, -0.2) is 8.42 Å². The minimum atomic E-state index is -3.37. The van der Waals surface area contributed by atoms with E-state index < -0.39 is 9.84 Å². The summed E-state index contributed by atoms with van der Waals surface area (Å²) in [5, 5.41) is 8.82. The Morgan fingerprint density at radius 1 is 1.14 bits per heavy atom. The quantitative estimate of drug-likeness (QED) is 0.677. The van der Waals surface area contributed by atoms with Crippen molar-refractivity contribution >= 4 is 27.3 Å². The van der Waals surface area contributed by atoms with Gasteiger partial charge in [-0.15, -0.1) is 11.8 Å². The molecule has 0 atom stereocenters. The topological polar surface area (TPSA) is 84.0 Å². The molecule has 0 aliphatic heterocycles. The van der Waals surface area contributed by atoms with E-state index in [0.29, 0.717) is 17.0 Å². The zero-order valence-corrected chi connectivity index (χ0v) is 12.8. The molecule has 2 N–H and O–H groups in total. The molecule has 0 saturated heterocycles. The van der Waals surface area contributed by atoms with Crippen LogP contribution in [0.3, 0.4) is 0 Å². The molecule has 0 heterocycles. The summed E-state index contributed by atoms with van der Waals surface area (Å²) in [5.74, 6) is 0.472. The maximum absolute atomic E-state index is 12.2. The largest absolute Gasteiger partial charge is 0.399 e. The van der Waals surface area contributed by atoms with Crippen molar-refractivity contribution < 1.29 is 8.42 Å². The minimum absolute atomic E-state index is 0.0247. The fourth-order valence-corrected chi connectivity index (χ4v) is 4.31. The number of benzene rings is 2. The summed E-state index contributed by atoms with van der Waals surface area (Å²) in [5.41, 5.74) is 6.63. The molecular formula is C15H14N2O2S2. The molecule has 0 saturated carbocycles. The Labute approximate surface area is 128 Å². The molecule has 108 valence electrons. The molecular weight excluding hydrogens is 304 g/mol. The molecule has 6 heteroatoms. The van der Waals surface area contributed by atoms with Crippen molar-refractivity contribution in [3.63, 3.8) is 0 Å². The number of nitrogens with zero attached hydrogens (tertiary/aromatic N) is 1. The Hall–Kier alpha value is -1.97. The van der Waals surface area contributed by atoms with Crippen LogP contribution in [0.5, 0.6) is 0 Å². The van der Waals surface area contributed by atoms with Crippen LogP contribution >= 0.6 is 11.8 Å². The summed E-state index contributed by atoms with van der Waals surface area (Å²) >= 11 is 1.46. The SMILES string of the molecule is N#Cc1cccc(S(=O)(=O)CCSc2ccc(N)cc2)c1. The van der Waals surface area contributed by atoms with Crippen molar-refractivity contribution in [1.82, 2.24) is 0 Å². The van der Waals surface area contributed by atoms with E-state index in [1.54, 1.807) is 24.3 Å². The van der Waals surface area contributed by atoms with E-state index in [1.807, 2.05) is 18.2 Å². The Morgan fingerprint density at radius 3 is 2.52 bits per heavy atom. The molecule has 0 fully saturated rings. The Balaban J connectivity index is 2.01. The third kappa shape index (κ3) is 4.25. The molecule has 2 aromatic carbocycles. The number of nitriles is 1. The molecule has 0 amide bonds. The number of thioether (sulfide) groups is 1. The van der Waals surface area contributed by atoms with Gasteiger partial charge in [-0.05, 0) is 42.5 Å². The lowest BCUT2D eigenvalue weighted by molar-refractivity contribution is 0.597. The zero-order valence-electron chi connectivity index (χ0n) is 11.2. The molecule has 2 aromatic rings. The van der Waals surface area contributed by atoms with Crippen LogP contribution in [0, 0.1) is 11.3 Å². The number of anilines is 1. The van der Waals surface area contributed by atoms with Gasteiger partial charge in [0.25, 0.3) is 0 Å².